The Labute approximate surface area is 111 Å². The highest BCUT2D eigenvalue weighted by Crippen LogP contribution is 2.21. The number of nitrogens with zero attached hydrogens (tertiary/aromatic N) is 2. The van der Waals surface area contributed by atoms with Crippen molar-refractivity contribution in [3.63, 3.8) is 0 Å². The Balaban J connectivity index is 2.54. The summed E-state index contributed by atoms with van der Waals surface area (Å²) in [6.07, 6.45) is 1.37. The molecule has 0 fully saturated rings. The van der Waals surface area contributed by atoms with E-state index in [9.17, 15) is 9.18 Å². The molecule has 4 nitrogen and oxygen atoms in total. The largest absolute Gasteiger partial charge is 0.476 e. The minimum Gasteiger partial charge on any atom is -0.476 e. The van der Waals surface area contributed by atoms with E-state index >= 15 is 0 Å². The molecule has 6 heteroatoms. The molecule has 0 radical (unpaired) electrons. The molecule has 92 valence electrons. The van der Waals surface area contributed by atoms with Crippen LogP contribution in [-0.4, -0.2) is 21.0 Å². The lowest BCUT2D eigenvalue weighted by Gasteiger charge is -2.04. The highest BCUT2D eigenvalue weighted by atomic mass is 79.9. The first-order valence-electron chi connectivity index (χ1n) is 5.01. The number of benzene rings is 1. The van der Waals surface area contributed by atoms with Crippen molar-refractivity contribution < 1.29 is 14.3 Å². The van der Waals surface area contributed by atoms with Gasteiger partial charge in [-0.3, -0.25) is 0 Å². The molecule has 1 aromatic heterocycles. The van der Waals surface area contributed by atoms with E-state index in [4.69, 9.17) is 5.11 Å². The maximum absolute atomic E-state index is 13.1. The van der Waals surface area contributed by atoms with Crippen molar-refractivity contribution in [1.82, 2.24) is 9.97 Å². The summed E-state index contributed by atoms with van der Waals surface area (Å²) < 4.78 is 13.4. The third-order valence-corrected chi connectivity index (χ3v) is 2.94. The maximum atomic E-state index is 13.1. The van der Waals surface area contributed by atoms with Gasteiger partial charge in [-0.25, -0.2) is 19.2 Å². The van der Waals surface area contributed by atoms with Crippen molar-refractivity contribution in [2.45, 2.75) is 6.92 Å². The average molecular weight is 311 g/mol. The van der Waals surface area contributed by atoms with Crippen LogP contribution in [0.5, 0.6) is 0 Å². The molecular weight excluding hydrogens is 303 g/mol. The van der Waals surface area contributed by atoms with Gasteiger partial charge in [0.2, 0.25) is 0 Å². The topological polar surface area (TPSA) is 63.1 Å². The SMILES string of the molecule is Cc1cc(-c2ncc(Br)c(C(=O)O)n2)ccc1F. The molecule has 0 aliphatic heterocycles. The Morgan fingerprint density at radius 3 is 2.78 bits per heavy atom. The van der Waals surface area contributed by atoms with E-state index in [2.05, 4.69) is 25.9 Å². The number of aryl methyl sites for hydroxylation is 1. The molecule has 2 rings (SSSR count). The van der Waals surface area contributed by atoms with Crippen LogP contribution in [0, 0.1) is 12.7 Å². The Hall–Kier alpha value is -1.82. The van der Waals surface area contributed by atoms with Gasteiger partial charge in [-0.15, -0.1) is 0 Å². The van der Waals surface area contributed by atoms with E-state index in [-0.39, 0.29) is 17.3 Å². The van der Waals surface area contributed by atoms with Gasteiger partial charge >= 0.3 is 5.97 Å². The molecule has 18 heavy (non-hydrogen) atoms. The number of halogens is 2. The van der Waals surface area contributed by atoms with E-state index in [1.807, 2.05) is 0 Å². The van der Waals surface area contributed by atoms with Gasteiger partial charge in [0.1, 0.15) is 5.82 Å². The maximum Gasteiger partial charge on any atom is 0.355 e. The summed E-state index contributed by atoms with van der Waals surface area (Å²) in [5.74, 6) is -1.22. The molecular formula is C12H8BrFN2O2. The van der Waals surface area contributed by atoms with Crippen LogP contribution in [0.3, 0.4) is 0 Å². The second-order valence-corrected chi connectivity index (χ2v) is 4.51. The molecule has 2 aromatic rings. The second-order valence-electron chi connectivity index (χ2n) is 3.66. The summed E-state index contributed by atoms with van der Waals surface area (Å²) in [6, 6.07) is 4.39. The summed E-state index contributed by atoms with van der Waals surface area (Å²) in [6.45, 7) is 1.62. The molecule has 0 spiro atoms. The quantitative estimate of drug-likeness (QED) is 0.926. The van der Waals surface area contributed by atoms with Gasteiger partial charge in [0, 0.05) is 11.8 Å². The third-order valence-electron chi connectivity index (χ3n) is 2.36. The number of rotatable bonds is 2. The zero-order valence-corrected chi connectivity index (χ0v) is 10.9. The first-order chi connectivity index (χ1) is 8.49. The Kier molecular flexibility index (Phi) is 3.38. The van der Waals surface area contributed by atoms with E-state index in [0.29, 0.717) is 15.6 Å². The predicted molar refractivity (Wildman–Crippen MR) is 66.8 cm³/mol. The van der Waals surface area contributed by atoms with Crippen LogP contribution in [0.2, 0.25) is 0 Å². The first-order valence-corrected chi connectivity index (χ1v) is 5.80. The van der Waals surface area contributed by atoms with Crippen LogP contribution in [-0.2, 0) is 0 Å². The van der Waals surface area contributed by atoms with Crippen LogP contribution in [0.1, 0.15) is 16.1 Å². The number of aromatic carboxylic acids is 1. The monoisotopic (exact) mass is 310 g/mol. The molecule has 0 saturated carbocycles. The lowest BCUT2D eigenvalue weighted by molar-refractivity contribution is 0.0689. The standard InChI is InChI=1S/C12H8BrFN2O2/c1-6-4-7(2-3-9(6)14)11-15-5-8(13)10(16-11)12(17)18/h2-5H,1H3,(H,17,18). The number of hydrogen-bond acceptors (Lipinski definition) is 3. The second kappa shape index (κ2) is 4.81. The molecule has 0 atom stereocenters. The van der Waals surface area contributed by atoms with Crippen LogP contribution < -0.4 is 0 Å². The molecule has 0 aliphatic carbocycles. The molecule has 1 heterocycles. The van der Waals surface area contributed by atoms with Crippen molar-refractivity contribution in [2.75, 3.05) is 0 Å². The fraction of sp³-hybridized carbons (Fsp3) is 0.0833. The van der Waals surface area contributed by atoms with Crippen molar-refractivity contribution in [3.05, 3.63) is 45.9 Å². The summed E-state index contributed by atoms with van der Waals surface area (Å²) >= 11 is 3.06. The molecule has 0 unspecified atom stereocenters. The van der Waals surface area contributed by atoms with Crippen LogP contribution >= 0.6 is 15.9 Å². The highest BCUT2D eigenvalue weighted by molar-refractivity contribution is 9.10. The van der Waals surface area contributed by atoms with Crippen molar-refractivity contribution in [1.29, 1.82) is 0 Å². The zero-order chi connectivity index (χ0) is 13.3. The van der Waals surface area contributed by atoms with Crippen LogP contribution in [0.4, 0.5) is 4.39 Å². The predicted octanol–water partition coefficient (Wildman–Crippen LogP) is 3.05. The Bertz CT molecular complexity index is 631. The van der Waals surface area contributed by atoms with E-state index in [0.717, 1.165) is 0 Å². The third kappa shape index (κ3) is 2.38. The fourth-order valence-corrected chi connectivity index (χ4v) is 1.80. The van der Waals surface area contributed by atoms with Gasteiger partial charge in [-0.2, -0.15) is 0 Å². The number of aromatic nitrogens is 2. The number of carboxylic acids is 1. The number of carbonyl (C=O) groups is 1. The summed E-state index contributed by atoms with van der Waals surface area (Å²) in [5.41, 5.74) is 0.904. The van der Waals surface area contributed by atoms with Crippen molar-refractivity contribution >= 4 is 21.9 Å². The minimum atomic E-state index is -1.15. The molecule has 0 bridgehead atoms. The Morgan fingerprint density at radius 1 is 1.44 bits per heavy atom. The van der Waals surface area contributed by atoms with Crippen LogP contribution in [0.25, 0.3) is 11.4 Å². The van der Waals surface area contributed by atoms with Gasteiger partial charge in [0.25, 0.3) is 0 Å². The molecule has 0 saturated heterocycles. The van der Waals surface area contributed by atoms with Gasteiger partial charge in [-0.05, 0) is 46.6 Å². The van der Waals surface area contributed by atoms with E-state index < -0.39 is 5.97 Å². The molecule has 1 aromatic carbocycles. The number of hydrogen-bond donors (Lipinski definition) is 1. The Morgan fingerprint density at radius 2 is 2.17 bits per heavy atom. The molecule has 0 aliphatic rings. The van der Waals surface area contributed by atoms with Gasteiger partial charge in [0.05, 0.1) is 4.47 Å². The minimum absolute atomic E-state index is 0.123. The van der Waals surface area contributed by atoms with E-state index in [1.54, 1.807) is 13.0 Å². The lowest BCUT2D eigenvalue weighted by atomic mass is 10.1. The summed E-state index contributed by atoms with van der Waals surface area (Å²) in [5, 5.41) is 8.96. The summed E-state index contributed by atoms with van der Waals surface area (Å²) in [4.78, 5) is 18.9. The van der Waals surface area contributed by atoms with Gasteiger partial charge in [-0.1, -0.05) is 0 Å². The molecule has 0 amide bonds. The van der Waals surface area contributed by atoms with Gasteiger partial charge < -0.3 is 5.11 Å². The summed E-state index contributed by atoms with van der Waals surface area (Å²) in [7, 11) is 0. The normalized spacial score (nSPS) is 10.4. The highest BCUT2D eigenvalue weighted by Gasteiger charge is 2.13. The van der Waals surface area contributed by atoms with Gasteiger partial charge in [0.15, 0.2) is 11.5 Å². The lowest BCUT2D eigenvalue weighted by Crippen LogP contribution is -2.04. The zero-order valence-electron chi connectivity index (χ0n) is 9.32. The fourth-order valence-electron chi connectivity index (χ4n) is 1.44. The van der Waals surface area contributed by atoms with Crippen LogP contribution in [0.15, 0.2) is 28.9 Å². The molecule has 1 N–H and O–H groups in total. The average Bonchev–Trinajstić information content (AvgIpc) is 2.33. The smallest absolute Gasteiger partial charge is 0.355 e. The number of carboxylic acid groups (broad SMARTS) is 1. The van der Waals surface area contributed by atoms with E-state index in [1.165, 1.54) is 18.3 Å². The van der Waals surface area contributed by atoms with Crippen molar-refractivity contribution in [2.24, 2.45) is 0 Å². The van der Waals surface area contributed by atoms with Crippen molar-refractivity contribution in [3.8, 4) is 11.4 Å². The first kappa shape index (κ1) is 12.6.